The van der Waals surface area contributed by atoms with E-state index in [0.29, 0.717) is 28.1 Å². The van der Waals surface area contributed by atoms with Gasteiger partial charge in [0.15, 0.2) is 0 Å². The van der Waals surface area contributed by atoms with Crippen molar-refractivity contribution in [3.05, 3.63) is 83.9 Å². The first-order valence-corrected chi connectivity index (χ1v) is 10.3. The molecule has 0 aliphatic heterocycles. The lowest BCUT2D eigenvalue weighted by Gasteiger charge is -2.16. The highest BCUT2D eigenvalue weighted by molar-refractivity contribution is 7.50. The fraction of sp³-hybridized carbons (Fsp3) is 0.0952. The van der Waals surface area contributed by atoms with Crippen LogP contribution in [0.1, 0.15) is 15.9 Å². The first kappa shape index (κ1) is 19.8. The van der Waals surface area contributed by atoms with Crippen LogP contribution in [0.15, 0.2) is 72.8 Å². The van der Waals surface area contributed by atoms with E-state index in [4.69, 9.17) is 4.74 Å². The highest BCUT2D eigenvalue weighted by Crippen LogP contribution is 2.41. The normalized spacial score (nSPS) is 11.1. The number of nitrogens with one attached hydrogen (secondary N) is 1. The lowest BCUT2D eigenvalue weighted by Crippen LogP contribution is -2.16. The Balaban J connectivity index is 2.02. The molecule has 0 aromatic heterocycles. The second-order valence-corrected chi connectivity index (χ2v) is 7.83. The minimum absolute atomic E-state index is 0.348. The monoisotopic (exact) mass is 397 g/mol. The van der Waals surface area contributed by atoms with E-state index in [1.54, 1.807) is 36.4 Å². The number of carbonyl (C=O) groups excluding carboxylic acids is 1. The van der Waals surface area contributed by atoms with Gasteiger partial charge in [-0.2, -0.15) is 0 Å². The number of hydrogen-bond donors (Lipinski definition) is 3. The number of anilines is 1. The zero-order chi connectivity index (χ0) is 20.1. The maximum Gasteiger partial charge on any atom is 0.329 e. The van der Waals surface area contributed by atoms with Gasteiger partial charge in [-0.3, -0.25) is 9.36 Å². The van der Waals surface area contributed by atoms with E-state index in [0.717, 1.165) is 5.56 Å². The molecule has 3 rings (SSSR count). The number of carbonyl (C=O) groups is 1. The Labute approximate surface area is 163 Å². The average Bonchev–Trinajstić information content (AvgIpc) is 2.68. The van der Waals surface area contributed by atoms with E-state index in [1.165, 1.54) is 7.11 Å². The minimum Gasteiger partial charge on any atom is -0.496 e. The average molecular weight is 397 g/mol. The van der Waals surface area contributed by atoms with Crippen LogP contribution in [-0.2, 0) is 10.7 Å². The zero-order valence-corrected chi connectivity index (χ0v) is 16.1. The van der Waals surface area contributed by atoms with Crippen LogP contribution in [0.25, 0.3) is 11.1 Å². The van der Waals surface area contributed by atoms with Crippen LogP contribution in [0.5, 0.6) is 5.75 Å². The van der Waals surface area contributed by atoms with Crippen molar-refractivity contribution in [1.82, 2.24) is 0 Å². The van der Waals surface area contributed by atoms with Crippen molar-refractivity contribution in [3.8, 4) is 16.9 Å². The van der Waals surface area contributed by atoms with Gasteiger partial charge in [-0.05, 0) is 28.8 Å². The van der Waals surface area contributed by atoms with Crippen LogP contribution in [0.4, 0.5) is 5.69 Å². The summed E-state index contributed by atoms with van der Waals surface area (Å²) < 4.78 is 16.8. The van der Waals surface area contributed by atoms with E-state index >= 15 is 0 Å². The van der Waals surface area contributed by atoms with Gasteiger partial charge >= 0.3 is 7.60 Å². The zero-order valence-electron chi connectivity index (χ0n) is 15.2. The summed E-state index contributed by atoms with van der Waals surface area (Å²) in [7, 11) is -2.79. The standard InChI is InChI=1S/C21H20NO5P/c1-27-19-13-7-11-17(15-8-3-2-4-9-15)20(19)21(23)22-18-12-6-5-10-16(18)14-28(24,25)26/h2-13H,14H2,1H3,(H,22,23)(H2,24,25,26). The Morgan fingerprint density at radius 1 is 0.964 bits per heavy atom. The van der Waals surface area contributed by atoms with Gasteiger partial charge in [-0.1, -0.05) is 60.7 Å². The molecule has 144 valence electrons. The van der Waals surface area contributed by atoms with Gasteiger partial charge < -0.3 is 19.8 Å². The molecule has 0 aliphatic carbocycles. The molecule has 28 heavy (non-hydrogen) atoms. The molecule has 0 atom stereocenters. The van der Waals surface area contributed by atoms with E-state index < -0.39 is 19.7 Å². The SMILES string of the molecule is COc1cccc(-c2ccccc2)c1C(=O)Nc1ccccc1CP(=O)(O)O. The molecule has 0 saturated heterocycles. The summed E-state index contributed by atoms with van der Waals surface area (Å²) in [5, 5.41) is 2.77. The molecule has 0 heterocycles. The summed E-state index contributed by atoms with van der Waals surface area (Å²) in [6, 6.07) is 21.3. The fourth-order valence-electron chi connectivity index (χ4n) is 2.98. The molecule has 1 amide bonds. The smallest absolute Gasteiger partial charge is 0.329 e. The molecular weight excluding hydrogens is 377 g/mol. The lowest BCUT2D eigenvalue weighted by atomic mass is 9.98. The summed E-state index contributed by atoms with van der Waals surface area (Å²) in [5.41, 5.74) is 2.61. The molecule has 7 heteroatoms. The quantitative estimate of drug-likeness (QED) is 0.539. The molecule has 0 spiro atoms. The molecule has 3 aromatic carbocycles. The van der Waals surface area contributed by atoms with Gasteiger partial charge in [0.05, 0.1) is 18.8 Å². The summed E-state index contributed by atoms with van der Waals surface area (Å²) in [5.74, 6) is -0.0132. The Hall–Kier alpha value is -2.92. The Morgan fingerprint density at radius 3 is 2.32 bits per heavy atom. The number of ether oxygens (including phenoxy) is 1. The number of methoxy groups -OCH3 is 1. The molecule has 0 unspecified atom stereocenters. The van der Waals surface area contributed by atoms with Crippen molar-refractivity contribution in [2.24, 2.45) is 0 Å². The molecular formula is C21H20NO5P. The number of hydrogen-bond acceptors (Lipinski definition) is 3. The predicted molar refractivity (Wildman–Crippen MR) is 109 cm³/mol. The number of para-hydroxylation sites is 1. The Bertz CT molecular complexity index is 1030. The maximum atomic E-state index is 13.1. The van der Waals surface area contributed by atoms with Crippen molar-refractivity contribution in [2.45, 2.75) is 6.16 Å². The molecule has 0 saturated carbocycles. The van der Waals surface area contributed by atoms with Crippen molar-refractivity contribution < 1.29 is 23.9 Å². The molecule has 3 N–H and O–H groups in total. The molecule has 0 bridgehead atoms. The lowest BCUT2D eigenvalue weighted by molar-refractivity contribution is 0.102. The second kappa shape index (κ2) is 8.40. The van der Waals surface area contributed by atoms with Crippen molar-refractivity contribution in [1.29, 1.82) is 0 Å². The first-order valence-electron chi connectivity index (χ1n) is 8.55. The van der Waals surface area contributed by atoms with Crippen LogP contribution in [-0.4, -0.2) is 22.8 Å². The van der Waals surface area contributed by atoms with E-state index in [2.05, 4.69) is 5.32 Å². The topological polar surface area (TPSA) is 95.9 Å². The maximum absolute atomic E-state index is 13.1. The van der Waals surface area contributed by atoms with E-state index in [-0.39, 0.29) is 0 Å². The molecule has 0 fully saturated rings. The van der Waals surface area contributed by atoms with Crippen molar-refractivity contribution in [3.63, 3.8) is 0 Å². The first-order chi connectivity index (χ1) is 13.4. The summed E-state index contributed by atoms with van der Waals surface area (Å²) in [6.07, 6.45) is -0.457. The van der Waals surface area contributed by atoms with Gasteiger partial charge in [0.2, 0.25) is 0 Å². The largest absolute Gasteiger partial charge is 0.496 e. The number of benzene rings is 3. The van der Waals surface area contributed by atoms with Gasteiger partial charge in [0.25, 0.3) is 5.91 Å². The summed E-state index contributed by atoms with van der Waals surface area (Å²) in [6.45, 7) is 0. The van der Waals surface area contributed by atoms with E-state index in [1.807, 2.05) is 36.4 Å². The third-order valence-electron chi connectivity index (χ3n) is 4.20. The molecule has 0 radical (unpaired) electrons. The number of rotatable bonds is 6. The third kappa shape index (κ3) is 4.67. The number of amides is 1. The van der Waals surface area contributed by atoms with Gasteiger partial charge in [0, 0.05) is 5.69 Å². The van der Waals surface area contributed by atoms with Crippen molar-refractivity contribution in [2.75, 3.05) is 12.4 Å². The molecule has 3 aromatic rings. The van der Waals surface area contributed by atoms with Crippen LogP contribution < -0.4 is 10.1 Å². The van der Waals surface area contributed by atoms with Gasteiger partial charge in [-0.15, -0.1) is 0 Å². The summed E-state index contributed by atoms with van der Waals surface area (Å²) in [4.78, 5) is 31.7. The Kier molecular flexibility index (Phi) is 5.95. The highest BCUT2D eigenvalue weighted by Gasteiger charge is 2.21. The Morgan fingerprint density at radius 2 is 1.64 bits per heavy atom. The predicted octanol–water partition coefficient (Wildman–Crippen LogP) is 4.29. The van der Waals surface area contributed by atoms with Crippen LogP contribution in [0.3, 0.4) is 0 Å². The van der Waals surface area contributed by atoms with Crippen LogP contribution >= 0.6 is 7.60 Å². The molecule has 0 aliphatic rings. The van der Waals surface area contributed by atoms with E-state index in [9.17, 15) is 19.1 Å². The fourth-order valence-corrected chi connectivity index (χ4v) is 3.70. The second-order valence-electron chi connectivity index (χ2n) is 6.18. The highest BCUT2D eigenvalue weighted by atomic mass is 31.2. The van der Waals surface area contributed by atoms with Gasteiger partial charge in [-0.25, -0.2) is 0 Å². The third-order valence-corrected chi connectivity index (χ3v) is 4.95. The van der Waals surface area contributed by atoms with Crippen LogP contribution in [0, 0.1) is 0 Å². The summed E-state index contributed by atoms with van der Waals surface area (Å²) >= 11 is 0. The van der Waals surface area contributed by atoms with Gasteiger partial charge in [0.1, 0.15) is 5.75 Å². The minimum atomic E-state index is -4.28. The van der Waals surface area contributed by atoms with Crippen molar-refractivity contribution >= 4 is 19.2 Å². The molecule has 6 nitrogen and oxygen atoms in total. The van der Waals surface area contributed by atoms with Crippen LogP contribution in [0.2, 0.25) is 0 Å².